The molecule has 5 rings (SSSR count). The quantitative estimate of drug-likeness (QED) is 0.166. The zero-order valence-electron chi connectivity index (χ0n) is 24.4. The number of aromatic nitrogens is 2. The van der Waals surface area contributed by atoms with Gasteiger partial charge in [-0.15, -0.1) is 0 Å². The minimum atomic E-state index is -0.483. The minimum absolute atomic E-state index is 0.123. The molecule has 1 aliphatic heterocycles. The first-order valence-corrected chi connectivity index (χ1v) is 14.4. The molecule has 0 radical (unpaired) electrons. The van der Waals surface area contributed by atoms with E-state index in [1.54, 1.807) is 18.1 Å². The maximum Gasteiger partial charge on any atom is 0.256 e. The van der Waals surface area contributed by atoms with E-state index >= 15 is 4.39 Å². The number of rotatable bonds is 9. The topological polar surface area (TPSA) is 64.4 Å². The Morgan fingerprint density at radius 2 is 1.66 bits per heavy atom. The molecule has 1 amide bonds. The van der Waals surface area contributed by atoms with Gasteiger partial charge < -0.3 is 9.64 Å². The highest BCUT2D eigenvalue weighted by Crippen LogP contribution is 2.28. The van der Waals surface area contributed by atoms with Crippen LogP contribution in [0.3, 0.4) is 0 Å². The van der Waals surface area contributed by atoms with Crippen molar-refractivity contribution in [2.24, 2.45) is 5.92 Å². The van der Waals surface area contributed by atoms with Crippen LogP contribution in [0.1, 0.15) is 63.1 Å². The molecule has 214 valence electrons. The Balaban J connectivity index is 1.20. The summed E-state index contributed by atoms with van der Waals surface area (Å²) in [6, 6.07) is 14.8. The van der Waals surface area contributed by atoms with E-state index in [1.807, 2.05) is 68.0 Å². The number of ether oxygens (including phenoxy) is 1. The van der Waals surface area contributed by atoms with Crippen molar-refractivity contribution in [1.29, 1.82) is 0 Å². The van der Waals surface area contributed by atoms with Gasteiger partial charge in [-0.25, -0.2) is 4.39 Å². The molecule has 0 saturated carbocycles. The molecule has 1 fully saturated rings. The second kappa shape index (κ2) is 12.4. The van der Waals surface area contributed by atoms with Crippen LogP contribution in [-0.2, 0) is 11.3 Å². The Morgan fingerprint density at radius 3 is 2.37 bits per heavy atom. The maximum atomic E-state index is 15.1. The molecule has 0 spiro atoms. The average molecular weight is 556 g/mol. The molecule has 41 heavy (non-hydrogen) atoms. The third-order valence-electron chi connectivity index (χ3n) is 8.45. The van der Waals surface area contributed by atoms with E-state index in [2.05, 4.69) is 0 Å². The first-order chi connectivity index (χ1) is 19.7. The highest BCUT2D eigenvalue weighted by molar-refractivity contribution is 6.01. The third-order valence-corrected chi connectivity index (χ3v) is 8.45. The molecule has 0 atom stereocenters. The standard InChI is InChI=1S/C34H38FN3O3/c1-22-7-8-26(18-23(22)2)27-9-10-29(31(35)19-27)34(40)37-15-13-25(14-16-37)20-38-21-30-24(3)28(11-12-32(30)36-38)33(39)6-5-17-41-4/h7-12,18-19,21,25H,5-6,13-17,20H2,1-4H3. The SMILES string of the molecule is COCCCC(=O)c1ccc2nn(CC3CCN(C(=O)c4ccc(-c5ccc(C)c(C)c5)cc4F)CC3)cc2c1C. The fourth-order valence-corrected chi connectivity index (χ4v) is 5.73. The number of benzene rings is 3. The predicted octanol–water partition coefficient (Wildman–Crippen LogP) is 6.93. The summed E-state index contributed by atoms with van der Waals surface area (Å²) >= 11 is 0. The zero-order valence-corrected chi connectivity index (χ0v) is 24.4. The fraction of sp³-hybridized carbons (Fsp3) is 0.382. The molecule has 6 nitrogen and oxygen atoms in total. The summed E-state index contributed by atoms with van der Waals surface area (Å²) in [5, 5.41) is 5.75. The van der Waals surface area contributed by atoms with Gasteiger partial charge >= 0.3 is 0 Å². The number of carbonyl (C=O) groups excluding carboxylic acids is 2. The molecule has 0 unspecified atom stereocenters. The third kappa shape index (κ3) is 6.25. The number of ketones is 1. The number of Topliss-reactive ketones (excluding diaryl/α,β-unsaturated/α-hetero) is 1. The Labute approximate surface area is 241 Å². The van der Waals surface area contributed by atoms with Gasteiger partial charge in [0, 0.05) is 56.9 Å². The molecule has 1 aliphatic rings. The van der Waals surface area contributed by atoms with Crippen LogP contribution in [0.4, 0.5) is 4.39 Å². The minimum Gasteiger partial charge on any atom is -0.385 e. The first kappa shape index (κ1) is 28.7. The van der Waals surface area contributed by atoms with Gasteiger partial charge in [0.25, 0.3) is 5.91 Å². The van der Waals surface area contributed by atoms with E-state index in [-0.39, 0.29) is 17.3 Å². The summed E-state index contributed by atoms with van der Waals surface area (Å²) in [5.41, 5.74) is 6.76. The van der Waals surface area contributed by atoms with Crippen LogP contribution in [0, 0.1) is 32.5 Å². The lowest BCUT2D eigenvalue weighted by Crippen LogP contribution is -2.39. The van der Waals surface area contributed by atoms with Gasteiger partial charge in [-0.3, -0.25) is 14.3 Å². The van der Waals surface area contributed by atoms with Crippen molar-refractivity contribution in [3.05, 3.63) is 88.4 Å². The zero-order chi connectivity index (χ0) is 29.1. The van der Waals surface area contributed by atoms with Crippen LogP contribution in [0.15, 0.2) is 54.7 Å². The van der Waals surface area contributed by atoms with Crippen molar-refractivity contribution in [3.63, 3.8) is 0 Å². The molecule has 0 N–H and O–H groups in total. The number of hydrogen-bond donors (Lipinski definition) is 0. The van der Waals surface area contributed by atoms with Crippen molar-refractivity contribution in [2.45, 2.75) is 53.0 Å². The number of methoxy groups -OCH3 is 1. The van der Waals surface area contributed by atoms with Gasteiger partial charge in [0.2, 0.25) is 0 Å². The van der Waals surface area contributed by atoms with Crippen LogP contribution in [0.5, 0.6) is 0 Å². The van der Waals surface area contributed by atoms with Gasteiger partial charge in [-0.1, -0.05) is 24.3 Å². The largest absolute Gasteiger partial charge is 0.385 e. The number of hydrogen-bond acceptors (Lipinski definition) is 4. The van der Waals surface area contributed by atoms with E-state index in [0.717, 1.165) is 58.1 Å². The molecule has 7 heteroatoms. The molecule has 2 heterocycles. The molecule has 4 aromatic rings. The van der Waals surface area contributed by atoms with Crippen LogP contribution in [-0.4, -0.2) is 53.2 Å². The number of carbonyl (C=O) groups is 2. The number of piperidine rings is 1. The average Bonchev–Trinajstić information content (AvgIpc) is 3.38. The molecular weight excluding hydrogens is 517 g/mol. The Morgan fingerprint density at radius 1 is 0.951 bits per heavy atom. The molecule has 1 aromatic heterocycles. The van der Waals surface area contributed by atoms with Gasteiger partial charge in [-0.2, -0.15) is 5.10 Å². The Hall–Kier alpha value is -3.84. The van der Waals surface area contributed by atoms with Gasteiger partial charge in [0.15, 0.2) is 5.78 Å². The maximum absolute atomic E-state index is 15.1. The number of halogens is 1. The lowest BCUT2D eigenvalue weighted by atomic mass is 9.95. The Kier molecular flexibility index (Phi) is 8.64. The van der Waals surface area contributed by atoms with Crippen molar-refractivity contribution in [1.82, 2.24) is 14.7 Å². The highest BCUT2D eigenvalue weighted by atomic mass is 19.1. The summed E-state index contributed by atoms with van der Waals surface area (Å²) in [4.78, 5) is 27.6. The van der Waals surface area contributed by atoms with E-state index in [1.165, 1.54) is 11.6 Å². The van der Waals surface area contributed by atoms with Gasteiger partial charge in [0.05, 0.1) is 11.1 Å². The normalized spacial score (nSPS) is 14.1. The Bertz CT molecular complexity index is 1580. The van der Waals surface area contributed by atoms with E-state index in [0.29, 0.717) is 38.5 Å². The second-order valence-corrected chi connectivity index (χ2v) is 11.3. The van der Waals surface area contributed by atoms with Crippen LogP contribution in [0.25, 0.3) is 22.0 Å². The van der Waals surface area contributed by atoms with Crippen molar-refractivity contribution in [3.8, 4) is 11.1 Å². The van der Waals surface area contributed by atoms with Crippen molar-refractivity contribution >= 4 is 22.6 Å². The lowest BCUT2D eigenvalue weighted by molar-refractivity contribution is 0.0676. The number of likely N-dealkylation sites (tertiary alicyclic amines) is 1. The lowest BCUT2D eigenvalue weighted by Gasteiger charge is -2.32. The number of nitrogens with zero attached hydrogens (tertiary/aromatic N) is 3. The fourth-order valence-electron chi connectivity index (χ4n) is 5.73. The summed E-state index contributed by atoms with van der Waals surface area (Å²) in [7, 11) is 1.64. The van der Waals surface area contributed by atoms with E-state index in [4.69, 9.17) is 9.84 Å². The summed E-state index contributed by atoms with van der Waals surface area (Å²) in [6.45, 7) is 8.56. The molecule has 1 saturated heterocycles. The summed E-state index contributed by atoms with van der Waals surface area (Å²) in [6.07, 6.45) is 4.85. The van der Waals surface area contributed by atoms with Crippen LogP contribution >= 0.6 is 0 Å². The molecule has 0 aliphatic carbocycles. The smallest absolute Gasteiger partial charge is 0.256 e. The van der Waals surface area contributed by atoms with Crippen molar-refractivity contribution < 1.29 is 18.7 Å². The highest BCUT2D eigenvalue weighted by Gasteiger charge is 2.26. The first-order valence-electron chi connectivity index (χ1n) is 14.4. The van der Waals surface area contributed by atoms with E-state index in [9.17, 15) is 9.59 Å². The van der Waals surface area contributed by atoms with Gasteiger partial charge in [0.1, 0.15) is 5.82 Å². The number of aryl methyl sites for hydroxylation is 3. The molecule has 0 bridgehead atoms. The van der Waals surface area contributed by atoms with E-state index < -0.39 is 5.82 Å². The molecule has 3 aromatic carbocycles. The van der Waals surface area contributed by atoms with Crippen LogP contribution in [0.2, 0.25) is 0 Å². The summed E-state index contributed by atoms with van der Waals surface area (Å²) < 4.78 is 22.1. The number of amides is 1. The second-order valence-electron chi connectivity index (χ2n) is 11.3. The predicted molar refractivity (Wildman–Crippen MR) is 160 cm³/mol. The molecular formula is C34H38FN3O3. The number of fused-ring (bicyclic) bond motifs is 1. The van der Waals surface area contributed by atoms with Crippen LogP contribution < -0.4 is 0 Å². The summed E-state index contributed by atoms with van der Waals surface area (Å²) in [5.74, 6) is -0.248. The monoisotopic (exact) mass is 555 g/mol. The van der Waals surface area contributed by atoms with Gasteiger partial charge in [-0.05, 0) is 98.0 Å². The van der Waals surface area contributed by atoms with Crippen molar-refractivity contribution in [2.75, 3.05) is 26.8 Å².